The van der Waals surface area contributed by atoms with E-state index in [1.54, 1.807) is 19.1 Å². The molecular formula is C12H14FNO3. The lowest BCUT2D eigenvalue weighted by molar-refractivity contribution is -0.164. The number of benzene rings is 1. The fourth-order valence-electron chi connectivity index (χ4n) is 1.63. The second kappa shape index (κ2) is 4.71. The lowest BCUT2D eigenvalue weighted by Crippen LogP contribution is -2.62. The quantitative estimate of drug-likeness (QED) is 0.810. The van der Waals surface area contributed by atoms with E-state index in [0.717, 1.165) is 0 Å². The fraction of sp³-hybridized carbons (Fsp3) is 0.417. The van der Waals surface area contributed by atoms with Crippen molar-refractivity contribution in [3.05, 3.63) is 30.1 Å². The maximum Gasteiger partial charge on any atom is 0.336 e. The molecule has 1 aromatic rings. The molecule has 0 amide bonds. The number of rotatable bonds is 4. The van der Waals surface area contributed by atoms with Gasteiger partial charge in [0, 0.05) is 5.69 Å². The third-order valence-corrected chi connectivity index (χ3v) is 2.59. The zero-order valence-electron chi connectivity index (χ0n) is 9.53. The van der Waals surface area contributed by atoms with Crippen molar-refractivity contribution >= 4 is 11.7 Å². The first-order valence-electron chi connectivity index (χ1n) is 5.45. The Bertz CT molecular complexity index is 401. The predicted molar refractivity (Wildman–Crippen MR) is 60.2 cm³/mol. The summed E-state index contributed by atoms with van der Waals surface area (Å²) in [5.74, 6) is -0.652. The largest absolute Gasteiger partial charge is 0.464 e. The van der Waals surface area contributed by atoms with Gasteiger partial charge in [-0.05, 0) is 31.2 Å². The molecule has 1 heterocycles. The highest BCUT2D eigenvalue weighted by molar-refractivity contribution is 5.86. The van der Waals surface area contributed by atoms with Gasteiger partial charge in [-0.3, -0.25) is 0 Å². The number of ether oxygens (including phenoxy) is 2. The first-order valence-corrected chi connectivity index (χ1v) is 5.45. The van der Waals surface area contributed by atoms with E-state index in [4.69, 9.17) is 9.47 Å². The zero-order chi connectivity index (χ0) is 12.3. The van der Waals surface area contributed by atoms with Crippen LogP contribution in [0, 0.1) is 5.82 Å². The Kier molecular flexibility index (Phi) is 3.28. The van der Waals surface area contributed by atoms with Gasteiger partial charge in [-0.1, -0.05) is 0 Å². The standard InChI is InChI=1S/C12H14FNO3/c1-2-17-11(15)12(7-16-8-12)14-10-5-3-9(13)4-6-10/h3-6,14H,2,7-8H2,1H3. The van der Waals surface area contributed by atoms with Crippen LogP contribution in [0.1, 0.15) is 6.92 Å². The Morgan fingerprint density at radius 2 is 2.12 bits per heavy atom. The average molecular weight is 239 g/mol. The van der Waals surface area contributed by atoms with E-state index in [1.165, 1.54) is 12.1 Å². The van der Waals surface area contributed by atoms with E-state index in [9.17, 15) is 9.18 Å². The second-order valence-corrected chi connectivity index (χ2v) is 3.93. The van der Waals surface area contributed by atoms with Gasteiger partial charge in [0.25, 0.3) is 0 Å². The monoisotopic (exact) mass is 239 g/mol. The average Bonchev–Trinajstić information content (AvgIpc) is 2.26. The molecule has 0 aliphatic carbocycles. The number of hydrogen-bond acceptors (Lipinski definition) is 4. The van der Waals surface area contributed by atoms with E-state index in [1.807, 2.05) is 0 Å². The Hall–Kier alpha value is -1.62. The van der Waals surface area contributed by atoms with Gasteiger partial charge in [0.05, 0.1) is 19.8 Å². The van der Waals surface area contributed by atoms with Crippen LogP contribution in [-0.2, 0) is 14.3 Å². The lowest BCUT2D eigenvalue weighted by Gasteiger charge is -2.40. The van der Waals surface area contributed by atoms with Crippen molar-refractivity contribution in [3.8, 4) is 0 Å². The van der Waals surface area contributed by atoms with E-state index >= 15 is 0 Å². The normalized spacial score (nSPS) is 17.1. The minimum Gasteiger partial charge on any atom is -0.464 e. The molecular weight excluding hydrogens is 225 g/mol. The van der Waals surface area contributed by atoms with Crippen molar-refractivity contribution in [3.63, 3.8) is 0 Å². The highest BCUT2D eigenvalue weighted by Crippen LogP contribution is 2.25. The molecule has 1 aromatic carbocycles. The smallest absolute Gasteiger partial charge is 0.336 e. The summed E-state index contributed by atoms with van der Waals surface area (Å²) < 4.78 is 22.8. The molecule has 1 saturated heterocycles. The molecule has 17 heavy (non-hydrogen) atoms. The van der Waals surface area contributed by atoms with Gasteiger partial charge >= 0.3 is 5.97 Å². The molecule has 0 saturated carbocycles. The summed E-state index contributed by atoms with van der Waals surface area (Å²) in [4.78, 5) is 11.8. The Labute approximate surface area is 98.7 Å². The number of halogens is 1. The summed E-state index contributed by atoms with van der Waals surface area (Å²) in [5.41, 5.74) is -0.156. The molecule has 5 heteroatoms. The molecule has 1 aliphatic heterocycles. The molecule has 0 spiro atoms. The third-order valence-electron chi connectivity index (χ3n) is 2.59. The minimum atomic E-state index is -0.826. The van der Waals surface area contributed by atoms with Gasteiger partial charge in [-0.2, -0.15) is 0 Å². The van der Waals surface area contributed by atoms with Crippen molar-refractivity contribution in [1.82, 2.24) is 0 Å². The summed E-state index contributed by atoms with van der Waals surface area (Å²) in [7, 11) is 0. The van der Waals surface area contributed by atoms with E-state index in [0.29, 0.717) is 12.3 Å². The van der Waals surface area contributed by atoms with Crippen molar-refractivity contribution in [1.29, 1.82) is 0 Å². The van der Waals surface area contributed by atoms with E-state index in [-0.39, 0.29) is 25.0 Å². The summed E-state index contributed by atoms with van der Waals surface area (Å²) in [6.07, 6.45) is 0. The molecule has 0 bridgehead atoms. The summed E-state index contributed by atoms with van der Waals surface area (Å²) in [6.45, 7) is 2.61. The zero-order valence-corrected chi connectivity index (χ0v) is 9.53. The molecule has 0 radical (unpaired) electrons. The van der Waals surface area contributed by atoms with Crippen LogP contribution in [0.5, 0.6) is 0 Å². The van der Waals surface area contributed by atoms with E-state index < -0.39 is 5.54 Å². The van der Waals surface area contributed by atoms with Crippen LogP contribution in [0.15, 0.2) is 24.3 Å². The number of anilines is 1. The van der Waals surface area contributed by atoms with Gasteiger partial charge in [0.2, 0.25) is 0 Å². The highest BCUT2D eigenvalue weighted by Gasteiger charge is 2.47. The molecule has 92 valence electrons. The first-order chi connectivity index (χ1) is 8.16. The Balaban J connectivity index is 2.09. The first kappa shape index (κ1) is 11.9. The van der Waals surface area contributed by atoms with Crippen LogP contribution < -0.4 is 5.32 Å². The SMILES string of the molecule is CCOC(=O)C1(Nc2ccc(F)cc2)COC1. The third kappa shape index (κ3) is 2.39. The van der Waals surface area contributed by atoms with Crippen molar-refractivity contribution in [2.75, 3.05) is 25.1 Å². The molecule has 1 N–H and O–H groups in total. The van der Waals surface area contributed by atoms with Gasteiger partial charge in [-0.15, -0.1) is 0 Å². The summed E-state index contributed by atoms with van der Waals surface area (Å²) in [6, 6.07) is 5.82. The second-order valence-electron chi connectivity index (χ2n) is 3.93. The molecule has 4 nitrogen and oxygen atoms in total. The summed E-state index contributed by atoms with van der Waals surface area (Å²) in [5, 5.41) is 3.04. The number of carbonyl (C=O) groups excluding carboxylic acids is 1. The number of nitrogens with one attached hydrogen (secondary N) is 1. The van der Waals surface area contributed by atoms with Gasteiger partial charge in [-0.25, -0.2) is 9.18 Å². The molecule has 1 fully saturated rings. The minimum absolute atomic E-state index is 0.267. The number of hydrogen-bond donors (Lipinski definition) is 1. The molecule has 2 rings (SSSR count). The number of esters is 1. The Morgan fingerprint density at radius 3 is 2.59 bits per heavy atom. The van der Waals surface area contributed by atoms with Gasteiger partial charge in [0.1, 0.15) is 5.82 Å². The van der Waals surface area contributed by atoms with Gasteiger partial charge in [0.15, 0.2) is 5.54 Å². The van der Waals surface area contributed by atoms with Crippen LogP contribution in [0.2, 0.25) is 0 Å². The Morgan fingerprint density at radius 1 is 1.47 bits per heavy atom. The van der Waals surface area contributed by atoms with Gasteiger partial charge < -0.3 is 14.8 Å². The molecule has 0 atom stereocenters. The van der Waals surface area contributed by atoms with Crippen molar-refractivity contribution < 1.29 is 18.7 Å². The number of carbonyl (C=O) groups is 1. The predicted octanol–water partition coefficient (Wildman–Crippen LogP) is 1.57. The molecule has 0 aromatic heterocycles. The maximum absolute atomic E-state index is 12.8. The van der Waals surface area contributed by atoms with E-state index in [2.05, 4.69) is 5.32 Å². The molecule has 0 unspecified atom stereocenters. The summed E-state index contributed by atoms with van der Waals surface area (Å²) >= 11 is 0. The topological polar surface area (TPSA) is 47.6 Å². The van der Waals surface area contributed by atoms with Crippen molar-refractivity contribution in [2.45, 2.75) is 12.5 Å². The highest BCUT2D eigenvalue weighted by atomic mass is 19.1. The van der Waals surface area contributed by atoms with Crippen molar-refractivity contribution in [2.24, 2.45) is 0 Å². The van der Waals surface area contributed by atoms with Crippen LogP contribution in [0.25, 0.3) is 0 Å². The van der Waals surface area contributed by atoms with Crippen LogP contribution in [-0.4, -0.2) is 31.3 Å². The molecule has 1 aliphatic rings. The van der Waals surface area contributed by atoms with Crippen LogP contribution in [0.4, 0.5) is 10.1 Å². The van der Waals surface area contributed by atoms with Crippen LogP contribution in [0.3, 0.4) is 0 Å². The fourth-order valence-corrected chi connectivity index (χ4v) is 1.63. The lowest BCUT2D eigenvalue weighted by atomic mass is 9.97. The van der Waals surface area contributed by atoms with Crippen LogP contribution >= 0.6 is 0 Å². The maximum atomic E-state index is 12.8.